The predicted octanol–water partition coefficient (Wildman–Crippen LogP) is 3.67. The number of benzene rings is 2. The first-order chi connectivity index (χ1) is 11.6. The van der Waals surface area contributed by atoms with Crippen molar-refractivity contribution in [1.82, 2.24) is 14.6 Å². The van der Waals surface area contributed by atoms with Gasteiger partial charge in [0.15, 0.2) is 5.82 Å². The predicted molar refractivity (Wildman–Crippen MR) is 97.8 cm³/mol. The molecule has 0 radical (unpaired) electrons. The molecule has 0 saturated carbocycles. The van der Waals surface area contributed by atoms with Crippen molar-refractivity contribution in [1.29, 1.82) is 0 Å². The minimum atomic E-state index is -0.162. The van der Waals surface area contributed by atoms with Crippen LogP contribution in [0.2, 0.25) is 10.0 Å². The normalized spacial score (nSPS) is 12.2. The molecule has 0 fully saturated rings. The first-order valence-corrected chi connectivity index (χ1v) is 8.61. The van der Waals surface area contributed by atoms with Crippen molar-refractivity contribution in [2.45, 2.75) is 0 Å². The largest absolute Gasteiger partial charge is 0.276 e. The number of hydrogen-bond acceptors (Lipinski definition) is 4. The lowest BCUT2D eigenvalue weighted by Gasteiger charge is -1.97. The van der Waals surface area contributed by atoms with Crippen molar-refractivity contribution in [3.8, 4) is 11.4 Å². The smallest absolute Gasteiger partial charge is 0.267 e. The van der Waals surface area contributed by atoms with Gasteiger partial charge in [-0.25, -0.2) is 4.40 Å². The summed E-state index contributed by atoms with van der Waals surface area (Å²) in [5, 5.41) is 9.45. The van der Waals surface area contributed by atoms with E-state index in [2.05, 4.69) is 10.2 Å². The zero-order valence-corrected chi connectivity index (χ0v) is 14.4. The van der Waals surface area contributed by atoms with Crippen molar-refractivity contribution < 1.29 is 0 Å². The van der Waals surface area contributed by atoms with Crippen molar-refractivity contribution in [3.63, 3.8) is 0 Å². The first kappa shape index (κ1) is 15.3. The molecule has 0 amide bonds. The summed E-state index contributed by atoms with van der Waals surface area (Å²) in [6.07, 6.45) is 1.77. The molecule has 4 rings (SSSR count). The molecule has 2 aromatic carbocycles. The molecular weight excluding hydrogens is 365 g/mol. The van der Waals surface area contributed by atoms with E-state index in [-0.39, 0.29) is 5.56 Å². The van der Waals surface area contributed by atoms with E-state index in [4.69, 9.17) is 23.2 Å². The average molecular weight is 374 g/mol. The standard InChI is InChI=1S/C17H9Cl2N3OS/c18-12-7-5-10(6-8-12)15-20-21-17-22(15)16(23)14(24-17)9-11-3-1-2-4-13(11)19/h1-9H/b14-9+. The minimum Gasteiger partial charge on any atom is -0.267 e. The Morgan fingerprint density at radius 1 is 1.00 bits per heavy atom. The van der Waals surface area contributed by atoms with Crippen LogP contribution in [0.15, 0.2) is 53.3 Å². The summed E-state index contributed by atoms with van der Waals surface area (Å²) in [5.41, 5.74) is 1.41. The van der Waals surface area contributed by atoms with Gasteiger partial charge in [0, 0.05) is 15.6 Å². The highest BCUT2D eigenvalue weighted by Crippen LogP contribution is 2.20. The second-order valence-electron chi connectivity index (χ2n) is 5.09. The van der Waals surface area contributed by atoms with Gasteiger partial charge in [0.25, 0.3) is 5.56 Å². The fraction of sp³-hybridized carbons (Fsp3) is 0. The fourth-order valence-corrected chi connectivity index (χ4v) is 3.60. The molecule has 0 N–H and O–H groups in total. The van der Waals surface area contributed by atoms with Gasteiger partial charge in [0.05, 0.1) is 4.53 Å². The lowest BCUT2D eigenvalue weighted by Crippen LogP contribution is -2.23. The Hall–Kier alpha value is -2.21. The van der Waals surface area contributed by atoms with E-state index in [1.807, 2.05) is 30.3 Å². The third-order valence-corrected chi connectivity index (χ3v) is 5.10. The molecule has 0 aliphatic carbocycles. The molecule has 0 bridgehead atoms. The molecule has 2 aromatic heterocycles. The molecule has 0 unspecified atom stereocenters. The van der Waals surface area contributed by atoms with Gasteiger partial charge >= 0.3 is 0 Å². The van der Waals surface area contributed by atoms with Gasteiger partial charge < -0.3 is 0 Å². The molecule has 0 spiro atoms. The molecule has 7 heteroatoms. The van der Waals surface area contributed by atoms with Gasteiger partial charge in [-0.1, -0.05) is 52.7 Å². The zero-order chi connectivity index (χ0) is 16.7. The van der Waals surface area contributed by atoms with Crippen LogP contribution in [0.1, 0.15) is 5.56 Å². The second kappa shape index (κ2) is 6.02. The number of nitrogens with zero attached hydrogens (tertiary/aromatic N) is 3. The van der Waals surface area contributed by atoms with Gasteiger partial charge in [-0.05, 0) is 42.0 Å². The van der Waals surface area contributed by atoms with Crippen LogP contribution in [0.5, 0.6) is 0 Å². The first-order valence-electron chi connectivity index (χ1n) is 7.03. The van der Waals surface area contributed by atoms with Gasteiger partial charge in [-0.2, -0.15) is 0 Å². The molecule has 0 saturated heterocycles. The van der Waals surface area contributed by atoms with E-state index >= 15 is 0 Å². The Bertz CT molecular complexity index is 1150. The van der Waals surface area contributed by atoms with E-state index in [1.54, 1.807) is 24.3 Å². The summed E-state index contributed by atoms with van der Waals surface area (Å²) in [6.45, 7) is 0. The SMILES string of the molecule is O=c1/c(=C\c2ccccc2Cl)sc2nnc(-c3ccc(Cl)cc3)n12. The Morgan fingerprint density at radius 3 is 2.50 bits per heavy atom. The Kier molecular flexibility index (Phi) is 3.84. The molecule has 4 nitrogen and oxygen atoms in total. The van der Waals surface area contributed by atoms with Crippen LogP contribution in [-0.2, 0) is 0 Å². The van der Waals surface area contributed by atoms with Gasteiger partial charge in [0.1, 0.15) is 0 Å². The van der Waals surface area contributed by atoms with Crippen molar-refractivity contribution in [3.05, 3.63) is 79.0 Å². The molecule has 0 aliphatic rings. The van der Waals surface area contributed by atoms with Crippen LogP contribution < -0.4 is 10.1 Å². The van der Waals surface area contributed by atoms with E-state index in [0.29, 0.717) is 25.4 Å². The lowest BCUT2D eigenvalue weighted by molar-refractivity contribution is 1.09. The average Bonchev–Trinajstić information content (AvgIpc) is 3.12. The third-order valence-electron chi connectivity index (χ3n) is 3.54. The van der Waals surface area contributed by atoms with Crippen LogP contribution in [-0.4, -0.2) is 14.6 Å². The Balaban J connectivity index is 1.93. The van der Waals surface area contributed by atoms with E-state index in [1.165, 1.54) is 15.7 Å². The zero-order valence-electron chi connectivity index (χ0n) is 12.1. The summed E-state index contributed by atoms with van der Waals surface area (Å²) < 4.78 is 2.07. The second-order valence-corrected chi connectivity index (χ2v) is 6.94. The maximum atomic E-state index is 12.8. The minimum absolute atomic E-state index is 0.162. The van der Waals surface area contributed by atoms with Crippen molar-refractivity contribution >= 4 is 45.6 Å². The van der Waals surface area contributed by atoms with Crippen LogP contribution in [0.4, 0.5) is 0 Å². The number of hydrogen-bond donors (Lipinski definition) is 0. The highest BCUT2D eigenvalue weighted by atomic mass is 35.5. The van der Waals surface area contributed by atoms with E-state index < -0.39 is 0 Å². The molecule has 118 valence electrons. The van der Waals surface area contributed by atoms with Crippen LogP contribution in [0.3, 0.4) is 0 Å². The fourth-order valence-electron chi connectivity index (χ4n) is 2.38. The number of halogens is 2. The van der Waals surface area contributed by atoms with Gasteiger partial charge in [-0.15, -0.1) is 10.2 Å². The molecule has 4 aromatic rings. The van der Waals surface area contributed by atoms with Crippen molar-refractivity contribution in [2.75, 3.05) is 0 Å². The molecule has 0 aliphatic heterocycles. The summed E-state index contributed by atoms with van der Waals surface area (Å²) >= 11 is 13.4. The summed E-state index contributed by atoms with van der Waals surface area (Å²) in [4.78, 5) is 13.3. The highest BCUT2D eigenvalue weighted by molar-refractivity contribution is 7.15. The summed E-state index contributed by atoms with van der Waals surface area (Å²) in [6, 6.07) is 14.5. The number of rotatable bonds is 2. The third kappa shape index (κ3) is 2.60. The van der Waals surface area contributed by atoms with Crippen LogP contribution >= 0.6 is 34.5 Å². The molecule has 0 atom stereocenters. The monoisotopic (exact) mass is 373 g/mol. The summed E-state index contributed by atoms with van der Waals surface area (Å²) in [7, 11) is 0. The van der Waals surface area contributed by atoms with Gasteiger partial charge in [0.2, 0.25) is 4.96 Å². The van der Waals surface area contributed by atoms with Crippen LogP contribution in [0, 0.1) is 0 Å². The molecule has 24 heavy (non-hydrogen) atoms. The Labute approximate surface area is 150 Å². The van der Waals surface area contributed by atoms with Crippen molar-refractivity contribution in [2.24, 2.45) is 0 Å². The molecular formula is C17H9Cl2N3OS. The number of aromatic nitrogens is 3. The number of thiazole rings is 1. The van der Waals surface area contributed by atoms with E-state index in [9.17, 15) is 4.79 Å². The Morgan fingerprint density at radius 2 is 1.75 bits per heavy atom. The maximum absolute atomic E-state index is 12.8. The number of fused-ring (bicyclic) bond motifs is 1. The maximum Gasteiger partial charge on any atom is 0.276 e. The van der Waals surface area contributed by atoms with E-state index in [0.717, 1.165) is 11.1 Å². The van der Waals surface area contributed by atoms with Gasteiger partial charge in [-0.3, -0.25) is 4.79 Å². The molecule has 2 heterocycles. The topological polar surface area (TPSA) is 47.3 Å². The van der Waals surface area contributed by atoms with Crippen LogP contribution in [0.25, 0.3) is 22.4 Å². The lowest BCUT2D eigenvalue weighted by atomic mass is 10.2. The highest BCUT2D eigenvalue weighted by Gasteiger charge is 2.14. The summed E-state index contributed by atoms with van der Waals surface area (Å²) in [5.74, 6) is 0.502. The quantitative estimate of drug-likeness (QED) is 0.538.